The molecule has 0 radical (unpaired) electrons. The number of hydrogen-bond donors (Lipinski definition) is 0. The maximum Gasteiger partial charge on any atom is 0.263 e. The predicted molar refractivity (Wildman–Crippen MR) is 86.7 cm³/mol. The van der Waals surface area contributed by atoms with E-state index in [0.717, 1.165) is 5.56 Å². The summed E-state index contributed by atoms with van der Waals surface area (Å²) < 4.78 is 17.1. The predicted octanol–water partition coefficient (Wildman–Crippen LogP) is 2.78. The zero-order valence-corrected chi connectivity index (χ0v) is 14.3. The van der Waals surface area contributed by atoms with Crippen LogP contribution < -0.4 is 4.74 Å². The van der Waals surface area contributed by atoms with Crippen LogP contribution in [0.1, 0.15) is 25.3 Å². The van der Waals surface area contributed by atoms with Crippen molar-refractivity contribution < 1.29 is 19.0 Å². The van der Waals surface area contributed by atoms with Crippen LogP contribution >= 0.6 is 11.6 Å². The van der Waals surface area contributed by atoms with Crippen molar-refractivity contribution in [3.05, 3.63) is 28.8 Å². The highest BCUT2D eigenvalue weighted by Crippen LogP contribution is 2.31. The molecular formula is C17H22ClNO4. The summed E-state index contributed by atoms with van der Waals surface area (Å²) in [6, 6.07) is 5.41. The fraction of sp³-hybridized carbons (Fsp3) is 0.588. The van der Waals surface area contributed by atoms with Crippen LogP contribution in [-0.2, 0) is 14.3 Å². The molecule has 1 aromatic rings. The van der Waals surface area contributed by atoms with Crippen LogP contribution in [0.3, 0.4) is 0 Å². The summed E-state index contributed by atoms with van der Waals surface area (Å²) in [5.74, 6) is 0.183. The summed E-state index contributed by atoms with van der Waals surface area (Å²) in [4.78, 5) is 14.4. The molecule has 1 amide bonds. The standard InChI is InChI=1S/C17H22ClNO4/c1-12-11-14(3-4-15(12)18)23-13(2)16(20)19-7-5-17(6-8-19)21-9-10-22-17/h3-4,11,13H,5-10H2,1-2H3/t13-/m1/s1. The largest absolute Gasteiger partial charge is 0.481 e. The van der Waals surface area contributed by atoms with Gasteiger partial charge in [-0.1, -0.05) is 11.6 Å². The van der Waals surface area contributed by atoms with E-state index in [1.807, 2.05) is 17.9 Å². The second kappa shape index (κ2) is 6.67. The lowest BCUT2D eigenvalue weighted by Crippen LogP contribution is -2.50. The number of ether oxygens (including phenoxy) is 3. The number of carbonyl (C=O) groups is 1. The van der Waals surface area contributed by atoms with Crippen molar-refractivity contribution >= 4 is 17.5 Å². The van der Waals surface area contributed by atoms with Crippen molar-refractivity contribution in [3.63, 3.8) is 0 Å². The minimum absolute atomic E-state index is 0.00884. The molecule has 0 N–H and O–H groups in total. The Labute approximate surface area is 141 Å². The molecule has 1 spiro atoms. The van der Waals surface area contributed by atoms with Crippen molar-refractivity contribution in [3.8, 4) is 5.75 Å². The van der Waals surface area contributed by atoms with Gasteiger partial charge in [0.2, 0.25) is 0 Å². The van der Waals surface area contributed by atoms with Crippen molar-refractivity contribution in [2.75, 3.05) is 26.3 Å². The van der Waals surface area contributed by atoms with Crippen molar-refractivity contribution in [1.29, 1.82) is 0 Å². The maximum atomic E-state index is 12.6. The highest BCUT2D eigenvalue weighted by Gasteiger charge is 2.41. The fourth-order valence-electron chi connectivity index (χ4n) is 3.06. The third-order valence-corrected chi connectivity index (χ3v) is 4.86. The first kappa shape index (κ1) is 16.6. The lowest BCUT2D eigenvalue weighted by Gasteiger charge is -2.38. The molecule has 23 heavy (non-hydrogen) atoms. The Morgan fingerprint density at radius 3 is 2.57 bits per heavy atom. The van der Waals surface area contributed by atoms with E-state index in [1.165, 1.54) is 0 Å². The smallest absolute Gasteiger partial charge is 0.263 e. The Balaban J connectivity index is 1.56. The average molecular weight is 340 g/mol. The van der Waals surface area contributed by atoms with E-state index in [-0.39, 0.29) is 5.91 Å². The number of piperidine rings is 1. The molecule has 0 bridgehead atoms. The van der Waals surface area contributed by atoms with Crippen LogP contribution in [0.4, 0.5) is 0 Å². The molecule has 2 aliphatic heterocycles. The molecule has 2 aliphatic rings. The van der Waals surface area contributed by atoms with E-state index in [0.29, 0.717) is 49.9 Å². The molecule has 2 fully saturated rings. The maximum absolute atomic E-state index is 12.6. The highest BCUT2D eigenvalue weighted by atomic mass is 35.5. The normalized spacial score (nSPS) is 21.4. The van der Waals surface area contributed by atoms with Gasteiger partial charge in [-0.3, -0.25) is 4.79 Å². The van der Waals surface area contributed by atoms with E-state index in [1.54, 1.807) is 19.1 Å². The SMILES string of the molecule is Cc1cc(O[C@H](C)C(=O)N2CCC3(CC2)OCCO3)ccc1Cl. The molecule has 2 saturated heterocycles. The van der Waals surface area contributed by atoms with Gasteiger partial charge in [0.1, 0.15) is 5.75 Å². The van der Waals surface area contributed by atoms with Crippen LogP contribution in [-0.4, -0.2) is 49.0 Å². The van der Waals surface area contributed by atoms with E-state index in [9.17, 15) is 4.79 Å². The zero-order valence-electron chi connectivity index (χ0n) is 13.5. The Kier molecular flexibility index (Phi) is 4.80. The number of hydrogen-bond acceptors (Lipinski definition) is 4. The summed E-state index contributed by atoms with van der Waals surface area (Å²) in [6.45, 7) is 6.23. The first-order valence-corrected chi connectivity index (χ1v) is 8.36. The molecule has 0 aromatic heterocycles. The van der Waals surface area contributed by atoms with Crippen LogP contribution in [0.25, 0.3) is 0 Å². The quantitative estimate of drug-likeness (QED) is 0.849. The van der Waals surface area contributed by atoms with Gasteiger partial charge in [-0.25, -0.2) is 0 Å². The number of rotatable bonds is 3. The number of nitrogens with zero attached hydrogens (tertiary/aromatic N) is 1. The van der Waals surface area contributed by atoms with Gasteiger partial charge in [0, 0.05) is 31.0 Å². The van der Waals surface area contributed by atoms with Gasteiger partial charge in [-0.2, -0.15) is 0 Å². The molecular weight excluding hydrogens is 318 g/mol. The minimum Gasteiger partial charge on any atom is -0.481 e. The van der Waals surface area contributed by atoms with Crippen LogP contribution in [0, 0.1) is 6.92 Å². The summed E-state index contributed by atoms with van der Waals surface area (Å²) in [6.07, 6.45) is 0.895. The Morgan fingerprint density at radius 1 is 1.30 bits per heavy atom. The summed E-state index contributed by atoms with van der Waals surface area (Å²) in [5.41, 5.74) is 0.930. The first-order chi connectivity index (χ1) is 11.0. The molecule has 0 aliphatic carbocycles. The molecule has 126 valence electrons. The van der Waals surface area contributed by atoms with E-state index >= 15 is 0 Å². The third-order valence-electron chi connectivity index (χ3n) is 4.44. The van der Waals surface area contributed by atoms with Gasteiger partial charge >= 0.3 is 0 Å². The van der Waals surface area contributed by atoms with Gasteiger partial charge in [0.15, 0.2) is 11.9 Å². The number of halogens is 1. The van der Waals surface area contributed by atoms with Gasteiger partial charge in [-0.15, -0.1) is 0 Å². The molecule has 0 saturated carbocycles. The number of carbonyl (C=O) groups excluding carboxylic acids is 1. The van der Waals surface area contributed by atoms with Gasteiger partial charge < -0.3 is 19.1 Å². The van der Waals surface area contributed by atoms with Crippen molar-refractivity contribution in [2.45, 2.75) is 38.6 Å². The molecule has 1 atom stereocenters. The summed E-state index contributed by atoms with van der Waals surface area (Å²) in [7, 11) is 0. The van der Waals surface area contributed by atoms with Gasteiger partial charge in [0.25, 0.3) is 5.91 Å². The number of aryl methyl sites for hydroxylation is 1. The molecule has 5 nitrogen and oxygen atoms in total. The Bertz CT molecular complexity index is 576. The molecule has 6 heteroatoms. The number of benzene rings is 1. The zero-order chi connectivity index (χ0) is 16.4. The van der Waals surface area contributed by atoms with Crippen LogP contribution in [0.2, 0.25) is 5.02 Å². The lowest BCUT2D eigenvalue weighted by molar-refractivity contribution is -0.188. The topological polar surface area (TPSA) is 48.0 Å². The average Bonchev–Trinajstić information content (AvgIpc) is 2.99. The number of likely N-dealkylation sites (tertiary alicyclic amines) is 1. The van der Waals surface area contributed by atoms with Gasteiger partial charge in [0.05, 0.1) is 13.2 Å². The third kappa shape index (κ3) is 3.62. The van der Waals surface area contributed by atoms with Crippen LogP contribution in [0.5, 0.6) is 5.75 Å². The number of amides is 1. The Morgan fingerprint density at radius 2 is 1.96 bits per heavy atom. The second-order valence-electron chi connectivity index (χ2n) is 6.10. The molecule has 3 rings (SSSR count). The molecule has 1 aromatic carbocycles. The minimum atomic E-state index is -0.532. The van der Waals surface area contributed by atoms with E-state index in [2.05, 4.69) is 0 Å². The first-order valence-electron chi connectivity index (χ1n) is 7.99. The van der Waals surface area contributed by atoms with E-state index in [4.69, 9.17) is 25.8 Å². The lowest BCUT2D eigenvalue weighted by atomic mass is 10.0. The van der Waals surface area contributed by atoms with Crippen LogP contribution in [0.15, 0.2) is 18.2 Å². The Hall–Kier alpha value is -1.30. The molecule has 2 heterocycles. The summed E-state index contributed by atoms with van der Waals surface area (Å²) in [5, 5.41) is 0.689. The monoisotopic (exact) mass is 339 g/mol. The highest BCUT2D eigenvalue weighted by molar-refractivity contribution is 6.31. The van der Waals surface area contributed by atoms with Gasteiger partial charge in [-0.05, 0) is 37.6 Å². The van der Waals surface area contributed by atoms with Crippen molar-refractivity contribution in [2.24, 2.45) is 0 Å². The van der Waals surface area contributed by atoms with Crippen molar-refractivity contribution in [1.82, 2.24) is 4.90 Å². The molecule has 0 unspecified atom stereocenters. The fourth-order valence-corrected chi connectivity index (χ4v) is 3.17. The van der Waals surface area contributed by atoms with E-state index < -0.39 is 11.9 Å². The summed E-state index contributed by atoms with van der Waals surface area (Å²) >= 11 is 6.01. The second-order valence-corrected chi connectivity index (χ2v) is 6.51.